The van der Waals surface area contributed by atoms with Crippen LogP contribution in [0.3, 0.4) is 0 Å². The van der Waals surface area contributed by atoms with Crippen LogP contribution in [-0.2, 0) is 14.5 Å². The molecule has 0 saturated carbocycles. The molecule has 1 aliphatic rings. The van der Waals surface area contributed by atoms with Crippen LogP contribution in [0.2, 0.25) is 0 Å². The molecule has 44 valence electrons. The van der Waals surface area contributed by atoms with Gasteiger partial charge < -0.3 is 4.89 Å². The fraction of sp³-hybridized carbons (Fsp3) is 0. The molecule has 0 aliphatic carbocycles. The molecular formula is C3H6O3Si2. The first-order valence-corrected chi connectivity index (χ1v) is 6.78. The molecule has 0 unspecified atom stereocenters. The maximum absolute atomic E-state index is 4.65. The van der Waals surface area contributed by atoms with Crippen LogP contribution < -0.4 is 0 Å². The predicted octanol–water partition coefficient (Wildman–Crippen LogP) is -1.37. The molecule has 5 heteroatoms. The summed E-state index contributed by atoms with van der Waals surface area (Å²) in [5.74, 6) is 0. The molecule has 0 N–H and O–H groups in total. The SMILES string of the molecule is C1=C\OOO[SiH2]\[SiH]=C/1. The third kappa shape index (κ3) is 2.17. The van der Waals surface area contributed by atoms with Crippen molar-refractivity contribution >= 4 is 23.6 Å². The van der Waals surface area contributed by atoms with Crippen LogP contribution in [-0.4, -0.2) is 23.6 Å². The molecule has 0 aromatic carbocycles. The Hall–Kier alpha value is -0.236. The van der Waals surface area contributed by atoms with Crippen molar-refractivity contribution in [2.75, 3.05) is 0 Å². The van der Waals surface area contributed by atoms with Gasteiger partial charge in [0, 0.05) is 8.65 Å². The first kappa shape index (κ1) is 5.89. The van der Waals surface area contributed by atoms with Crippen molar-refractivity contribution in [3.63, 3.8) is 0 Å². The summed E-state index contributed by atoms with van der Waals surface area (Å²) in [6, 6.07) is 0. The highest BCUT2D eigenvalue weighted by molar-refractivity contribution is 6.99. The summed E-state index contributed by atoms with van der Waals surface area (Å²) in [4.78, 5) is 4.39. The average Bonchev–Trinajstić information content (AvgIpc) is 1.62. The molecule has 8 heavy (non-hydrogen) atoms. The molecular weight excluding hydrogens is 140 g/mol. The van der Waals surface area contributed by atoms with Gasteiger partial charge in [-0.05, 0) is 11.1 Å². The molecule has 0 amide bonds. The van der Waals surface area contributed by atoms with Crippen LogP contribution in [0.1, 0.15) is 0 Å². The van der Waals surface area contributed by atoms with Crippen LogP contribution in [0.5, 0.6) is 0 Å². The summed E-state index contributed by atoms with van der Waals surface area (Å²) < 4.78 is 4.65. The Kier molecular flexibility index (Phi) is 2.75. The minimum Gasteiger partial charge on any atom is -0.317 e. The largest absolute Gasteiger partial charge is 0.317 e. The van der Waals surface area contributed by atoms with E-state index in [2.05, 4.69) is 20.2 Å². The Morgan fingerprint density at radius 2 is 2.50 bits per heavy atom. The number of rotatable bonds is 0. The lowest BCUT2D eigenvalue weighted by Gasteiger charge is -1.97. The Labute approximate surface area is 51.3 Å². The number of hydrogen-bond donors (Lipinski definition) is 0. The zero-order chi connectivity index (χ0) is 5.66. The Morgan fingerprint density at radius 1 is 1.50 bits per heavy atom. The molecule has 0 bridgehead atoms. The molecule has 0 radical (unpaired) electrons. The molecule has 0 fully saturated rings. The maximum Gasteiger partial charge on any atom is 0.216 e. The van der Waals surface area contributed by atoms with Crippen LogP contribution in [0, 0.1) is 0 Å². The van der Waals surface area contributed by atoms with E-state index in [1.807, 2.05) is 6.08 Å². The maximum atomic E-state index is 4.65. The van der Waals surface area contributed by atoms with Gasteiger partial charge in [0.1, 0.15) is 6.26 Å². The smallest absolute Gasteiger partial charge is 0.216 e. The van der Waals surface area contributed by atoms with Crippen LogP contribution in [0.4, 0.5) is 0 Å². The quantitative estimate of drug-likeness (QED) is 0.312. The van der Waals surface area contributed by atoms with Crippen molar-refractivity contribution in [1.29, 1.82) is 0 Å². The topological polar surface area (TPSA) is 27.7 Å². The van der Waals surface area contributed by atoms with Gasteiger partial charge in [-0.1, -0.05) is 5.67 Å². The molecule has 0 atom stereocenters. The van der Waals surface area contributed by atoms with Crippen LogP contribution >= 0.6 is 0 Å². The summed E-state index contributed by atoms with van der Waals surface area (Å²) in [7, 11) is -0.0484. The van der Waals surface area contributed by atoms with E-state index in [-0.39, 0.29) is 0 Å². The van der Waals surface area contributed by atoms with Crippen LogP contribution in [0.15, 0.2) is 12.3 Å². The van der Waals surface area contributed by atoms with Crippen LogP contribution in [0.25, 0.3) is 0 Å². The molecule has 0 aromatic rings. The zero-order valence-corrected chi connectivity index (χ0v) is 6.81. The third-order valence-corrected chi connectivity index (χ3v) is 3.35. The fourth-order valence-corrected chi connectivity index (χ4v) is 2.08. The van der Waals surface area contributed by atoms with Gasteiger partial charge in [0.15, 0.2) is 0 Å². The first-order valence-electron chi connectivity index (χ1n) is 2.27. The van der Waals surface area contributed by atoms with Crippen molar-refractivity contribution < 1.29 is 14.5 Å². The molecule has 1 heterocycles. The highest BCUT2D eigenvalue weighted by atomic mass is 29.1. The molecule has 0 saturated heterocycles. The Bertz CT molecular complexity index is 97.1. The zero-order valence-electron chi connectivity index (χ0n) is 4.24. The van der Waals surface area contributed by atoms with Gasteiger partial charge in [0.25, 0.3) is 0 Å². The molecule has 0 spiro atoms. The molecule has 1 aliphatic heterocycles. The van der Waals surface area contributed by atoms with Gasteiger partial charge in [-0.15, -0.1) is 0 Å². The minimum atomic E-state index is -0.419. The fourth-order valence-electron chi connectivity index (χ4n) is 0.329. The standard InChI is InChI=1S/C3H6O3Si2/c1-2-4-5-6-8-7-3-1/h1-3,7H,8H2/b2-1-,7-3-. The normalized spacial score (nSPS) is 30.0. The van der Waals surface area contributed by atoms with E-state index in [1.165, 1.54) is 6.26 Å². The second-order valence-electron chi connectivity index (χ2n) is 1.21. The van der Waals surface area contributed by atoms with E-state index in [0.29, 0.717) is 8.65 Å². The summed E-state index contributed by atoms with van der Waals surface area (Å²) in [5, 5.41) is 4.25. The minimum absolute atomic E-state index is 0.371. The van der Waals surface area contributed by atoms with E-state index < -0.39 is 9.28 Å². The van der Waals surface area contributed by atoms with Crippen molar-refractivity contribution in [2.45, 2.75) is 0 Å². The lowest BCUT2D eigenvalue weighted by atomic mass is 10.7. The average molecular weight is 146 g/mol. The second-order valence-corrected chi connectivity index (χ2v) is 5.05. The van der Waals surface area contributed by atoms with Gasteiger partial charge in [-0.2, -0.15) is 0 Å². The highest BCUT2D eigenvalue weighted by Crippen LogP contribution is 1.80. The van der Waals surface area contributed by atoms with E-state index in [0.717, 1.165) is 0 Å². The summed E-state index contributed by atoms with van der Waals surface area (Å²) in [6.45, 7) is 0. The van der Waals surface area contributed by atoms with Gasteiger partial charge in [-0.3, -0.25) is 4.58 Å². The Morgan fingerprint density at radius 3 is 3.50 bits per heavy atom. The second kappa shape index (κ2) is 3.73. The lowest BCUT2D eigenvalue weighted by molar-refractivity contribution is -0.441. The van der Waals surface area contributed by atoms with E-state index in [4.69, 9.17) is 0 Å². The van der Waals surface area contributed by atoms with E-state index in [9.17, 15) is 0 Å². The van der Waals surface area contributed by atoms with E-state index >= 15 is 0 Å². The van der Waals surface area contributed by atoms with Crippen molar-refractivity contribution in [1.82, 2.24) is 0 Å². The van der Waals surface area contributed by atoms with Gasteiger partial charge in [0.2, 0.25) is 9.28 Å². The highest BCUT2D eigenvalue weighted by Gasteiger charge is 1.85. The molecule has 3 nitrogen and oxygen atoms in total. The predicted molar refractivity (Wildman–Crippen MR) is 34.2 cm³/mol. The lowest BCUT2D eigenvalue weighted by Crippen LogP contribution is -2.05. The molecule has 0 aromatic heterocycles. The summed E-state index contributed by atoms with van der Waals surface area (Å²) in [5.41, 5.74) is 2.08. The summed E-state index contributed by atoms with van der Waals surface area (Å²) in [6.07, 6.45) is 3.30. The molecule has 1 rings (SSSR count). The number of hydrogen-bond acceptors (Lipinski definition) is 3. The van der Waals surface area contributed by atoms with Gasteiger partial charge in [-0.25, -0.2) is 0 Å². The first-order chi connectivity index (χ1) is 4.00. The van der Waals surface area contributed by atoms with Gasteiger partial charge in [0.05, 0.1) is 0 Å². The van der Waals surface area contributed by atoms with Gasteiger partial charge >= 0.3 is 0 Å². The summed E-state index contributed by atoms with van der Waals surface area (Å²) >= 11 is 0. The Balaban J connectivity index is 2.33. The van der Waals surface area contributed by atoms with E-state index in [1.54, 1.807) is 0 Å². The third-order valence-electron chi connectivity index (χ3n) is 0.633. The van der Waals surface area contributed by atoms with Crippen molar-refractivity contribution in [3.8, 4) is 0 Å². The van der Waals surface area contributed by atoms with Crippen molar-refractivity contribution in [2.24, 2.45) is 0 Å². The monoisotopic (exact) mass is 146 g/mol. The number of allylic oxidation sites excluding steroid dienone is 1. The van der Waals surface area contributed by atoms with Crippen molar-refractivity contribution in [3.05, 3.63) is 12.3 Å².